The van der Waals surface area contributed by atoms with E-state index in [-0.39, 0.29) is 6.61 Å². The lowest BCUT2D eigenvalue weighted by Crippen LogP contribution is -2.25. The molecule has 1 fully saturated rings. The van der Waals surface area contributed by atoms with Crippen LogP contribution in [0.2, 0.25) is 0 Å². The van der Waals surface area contributed by atoms with E-state index in [1.54, 1.807) is 4.52 Å². The first-order valence-corrected chi connectivity index (χ1v) is 7.40. The van der Waals surface area contributed by atoms with Gasteiger partial charge >= 0.3 is 0 Å². The number of hydrogen-bond donors (Lipinski definition) is 2. The van der Waals surface area contributed by atoms with Gasteiger partial charge in [-0.25, -0.2) is 0 Å². The summed E-state index contributed by atoms with van der Waals surface area (Å²) in [5.41, 5.74) is 0.783. The van der Waals surface area contributed by atoms with Crippen molar-refractivity contribution in [1.29, 1.82) is 0 Å². The van der Waals surface area contributed by atoms with Crippen LogP contribution in [0.4, 0.5) is 5.82 Å². The predicted octanol–water partition coefficient (Wildman–Crippen LogP) is 1.65. The van der Waals surface area contributed by atoms with E-state index in [0.29, 0.717) is 12.0 Å². The van der Waals surface area contributed by atoms with Crippen LogP contribution in [-0.4, -0.2) is 37.6 Å². The lowest BCUT2D eigenvalue weighted by atomic mass is 10.0. The molecule has 1 aliphatic rings. The van der Waals surface area contributed by atoms with Crippen LogP contribution in [0.15, 0.2) is 12.1 Å². The third-order valence-corrected chi connectivity index (χ3v) is 4.14. The first kappa shape index (κ1) is 13.3. The van der Waals surface area contributed by atoms with Gasteiger partial charge in [-0.3, -0.25) is 0 Å². The van der Waals surface area contributed by atoms with Crippen LogP contribution in [0.5, 0.6) is 0 Å². The second-order valence-corrected chi connectivity index (χ2v) is 5.41. The lowest BCUT2D eigenvalue weighted by molar-refractivity contribution is 0.254. The molecule has 0 radical (unpaired) electrons. The molecule has 2 aromatic rings. The largest absolute Gasteiger partial charge is 0.396 e. The van der Waals surface area contributed by atoms with Gasteiger partial charge in [0, 0.05) is 19.1 Å². The van der Waals surface area contributed by atoms with Gasteiger partial charge in [0.1, 0.15) is 5.82 Å². The Hall–Kier alpha value is -1.69. The Bertz CT molecular complexity index is 582. The highest BCUT2D eigenvalue weighted by atomic mass is 16.3. The highest BCUT2D eigenvalue weighted by Gasteiger charge is 2.26. The zero-order valence-corrected chi connectivity index (χ0v) is 11.8. The van der Waals surface area contributed by atoms with Crippen molar-refractivity contribution in [2.75, 3.05) is 11.9 Å². The van der Waals surface area contributed by atoms with E-state index in [2.05, 4.69) is 20.6 Å². The Kier molecular flexibility index (Phi) is 3.82. The smallest absolute Gasteiger partial charge is 0.178 e. The number of rotatable bonds is 5. The molecule has 0 aromatic carbocycles. The summed E-state index contributed by atoms with van der Waals surface area (Å²) in [6.45, 7) is 2.31. The van der Waals surface area contributed by atoms with Crippen LogP contribution in [0, 0.1) is 5.92 Å². The second-order valence-electron chi connectivity index (χ2n) is 5.41. The van der Waals surface area contributed by atoms with Crippen LogP contribution >= 0.6 is 0 Å². The van der Waals surface area contributed by atoms with Gasteiger partial charge in [0.15, 0.2) is 11.5 Å². The summed E-state index contributed by atoms with van der Waals surface area (Å²) < 4.78 is 1.80. The van der Waals surface area contributed by atoms with E-state index in [1.165, 1.54) is 12.8 Å². The highest BCUT2D eigenvalue weighted by molar-refractivity contribution is 5.44. The third-order valence-electron chi connectivity index (χ3n) is 4.14. The van der Waals surface area contributed by atoms with Gasteiger partial charge in [0.25, 0.3) is 0 Å². The number of fused-ring (bicyclic) bond motifs is 1. The summed E-state index contributed by atoms with van der Waals surface area (Å²) in [5, 5.41) is 25.4. The van der Waals surface area contributed by atoms with Crippen LogP contribution < -0.4 is 5.32 Å². The molecular weight excluding hydrogens is 254 g/mol. The van der Waals surface area contributed by atoms with Gasteiger partial charge in [-0.2, -0.15) is 4.52 Å². The molecule has 0 bridgehead atoms. The molecule has 0 spiro atoms. The van der Waals surface area contributed by atoms with Crippen molar-refractivity contribution in [2.24, 2.45) is 5.92 Å². The topological polar surface area (TPSA) is 75.3 Å². The fourth-order valence-corrected chi connectivity index (χ4v) is 3.06. The van der Waals surface area contributed by atoms with Crippen LogP contribution in [0.1, 0.15) is 38.4 Å². The van der Waals surface area contributed by atoms with Gasteiger partial charge in [-0.15, -0.1) is 15.3 Å². The van der Waals surface area contributed by atoms with Crippen LogP contribution in [0.3, 0.4) is 0 Å². The quantitative estimate of drug-likeness (QED) is 0.867. The number of anilines is 1. The van der Waals surface area contributed by atoms with E-state index in [1.807, 2.05) is 19.1 Å². The van der Waals surface area contributed by atoms with E-state index in [0.717, 1.165) is 36.6 Å². The van der Waals surface area contributed by atoms with Gasteiger partial charge in [0.05, 0.1) is 0 Å². The van der Waals surface area contributed by atoms with Crippen LogP contribution in [-0.2, 0) is 6.42 Å². The minimum Gasteiger partial charge on any atom is -0.396 e. The molecule has 0 aliphatic heterocycles. The van der Waals surface area contributed by atoms with E-state index in [4.69, 9.17) is 5.11 Å². The summed E-state index contributed by atoms with van der Waals surface area (Å²) in [4.78, 5) is 0. The second kappa shape index (κ2) is 5.75. The Morgan fingerprint density at radius 2 is 2.25 bits per heavy atom. The SMILES string of the molecule is CCc1nnc2ccc(NC3CCCC3CCO)nn12. The van der Waals surface area contributed by atoms with Gasteiger partial charge in [0.2, 0.25) is 0 Å². The molecule has 2 N–H and O–H groups in total. The van der Waals surface area contributed by atoms with Crippen molar-refractivity contribution in [3.63, 3.8) is 0 Å². The molecule has 2 aromatic heterocycles. The maximum Gasteiger partial charge on any atom is 0.178 e. The lowest BCUT2D eigenvalue weighted by Gasteiger charge is -2.20. The summed E-state index contributed by atoms with van der Waals surface area (Å²) in [6.07, 6.45) is 5.23. The molecule has 2 heterocycles. The molecule has 2 atom stereocenters. The monoisotopic (exact) mass is 275 g/mol. The van der Waals surface area contributed by atoms with Crippen molar-refractivity contribution in [3.05, 3.63) is 18.0 Å². The number of aryl methyl sites for hydroxylation is 1. The molecule has 1 aliphatic carbocycles. The molecular formula is C14H21N5O. The Labute approximate surface area is 118 Å². The first-order chi connectivity index (χ1) is 9.81. The number of aliphatic hydroxyl groups excluding tert-OH is 1. The first-order valence-electron chi connectivity index (χ1n) is 7.40. The van der Waals surface area contributed by atoms with E-state index in [9.17, 15) is 0 Å². The van der Waals surface area contributed by atoms with E-state index >= 15 is 0 Å². The van der Waals surface area contributed by atoms with Crippen molar-refractivity contribution < 1.29 is 5.11 Å². The molecule has 6 heteroatoms. The summed E-state index contributed by atoms with van der Waals surface area (Å²) in [5.74, 6) is 2.29. The standard InChI is InChI=1S/C14H21N5O/c1-2-13-16-17-14-7-6-12(18-19(13)14)15-11-5-3-4-10(11)8-9-20/h6-7,10-11,20H,2-5,8-9H2,1H3,(H,15,18). The molecule has 2 unspecified atom stereocenters. The highest BCUT2D eigenvalue weighted by Crippen LogP contribution is 2.30. The minimum absolute atomic E-state index is 0.265. The van der Waals surface area contributed by atoms with Crippen LogP contribution in [0.25, 0.3) is 5.65 Å². The van der Waals surface area contributed by atoms with Crippen molar-refractivity contribution in [1.82, 2.24) is 19.8 Å². The van der Waals surface area contributed by atoms with Gasteiger partial charge < -0.3 is 10.4 Å². The maximum absolute atomic E-state index is 9.13. The van der Waals surface area contributed by atoms with Gasteiger partial charge in [-0.1, -0.05) is 13.3 Å². The molecule has 0 saturated heterocycles. The zero-order chi connectivity index (χ0) is 13.9. The van der Waals surface area contributed by atoms with Crippen molar-refractivity contribution >= 4 is 11.5 Å². The number of aromatic nitrogens is 4. The summed E-state index contributed by atoms with van der Waals surface area (Å²) >= 11 is 0. The molecule has 0 amide bonds. The number of hydrogen-bond acceptors (Lipinski definition) is 5. The summed E-state index contributed by atoms with van der Waals surface area (Å²) in [7, 11) is 0. The summed E-state index contributed by atoms with van der Waals surface area (Å²) in [6, 6.07) is 4.31. The normalized spacial score (nSPS) is 22.5. The van der Waals surface area contributed by atoms with Gasteiger partial charge in [-0.05, 0) is 37.3 Å². The predicted molar refractivity (Wildman–Crippen MR) is 76.6 cm³/mol. The zero-order valence-electron chi connectivity index (χ0n) is 11.8. The number of aliphatic hydroxyl groups is 1. The fraction of sp³-hybridized carbons (Fsp3) is 0.643. The third kappa shape index (κ3) is 2.47. The van der Waals surface area contributed by atoms with Crippen molar-refractivity contribution in [2.45, 2.75) is 45.1 Å². The maximum atomic E-state index is 9.13. The van der Waals surface area contributed by atoms with Crippen molar-refractivity contribution in [3.8, 4) is 0 Å². The molecule has 6 nitrogen and oxygen atoms in total. The number of nitrogens with one attached hydrogen (secondary N) is 1. The molecule has 1 saturated carbocycles. The fourth-order valence-electron chi connectivity index (χ4n) is 3.06. The molecule has 20 heavy (non-hydrogen) atoms. The Morgan fingerprint density at radius 1 is 1.35 bits per heavy atom. The number of nitrogens with zero attached hydrogens (tertiary/aromatic N) is 4. The average molecular weight is 275 g/mol. The Balaban J connectivity index is 1.80. The van der Waals surface area contributed by atoms with E-state index < -0.39 is 0 Å². The molecule has 3 rings (SSSR count). The minimum atomic E-state index is 0.265. The average Bonchev–Trinajstić information content (AvgIpc) is 3.06. The molecule has 108 valence electrons. The Morgan fingerprint density at radius 3 is 3.05 bits per heavy atom.